The van der Waals surface area contributed by atoms with Crippen molar-refractivity contribution in [2.24, 2.45) is 0 Å². The van der Waals surface area contributed by atoms with Crippen LogP contribution in [-0.2, 0) is 9.59 Å². The second-order valence-corrected chi connectivity index (χ2v) is 5.97. The van der Waals surface area contributed by atoms with Crippen LogP contribution in [0.25, 0.3) is 6.08 Å². The highest BCUT2D eigenvalue weighted by molar-refractivity contribution is 8.26. The number of hydrogen-bond acceptors (Lipinski definition) is 6. The number of thiocarbonyl (C=S) groups is 1. The fourth-order valence-electron chi connectivity index (χ4n) is 1.64. The third-order valence-corrected chi connectivity index (χ3v) is 3.72. The van der Waals surface area contributed by atoms with Crippen molar-refractivity contribution >= 4 is 46.1 Å². The summed E-state index contributed by atoms with van der Waals surface area (Å²) in [5.41, 5.74) is 0.782. The first kappa shape index (κ1) is 15.5. The molecule has 0 unspecified atom stereocenters. The molecule has 1 aromatic rings. The van der Waals surface area contributed by atoms with Crippen molar-refractivity contribution in [3.05, 3.63) is 28.7 Å². The number of ketones is 1. The molecule has 1 N–H and O–H groups in total. The average Bonchev–Trinajstić information content (AvgIpc) is 2.75. The van der Waals surface area contributed by atoms with Crippen molar-refractivity contribution in [1.29, 1.82) is 0 Å². The number of rotatable bonds is 5. The Morgan fingerprint density at radius 3 is 2.76 bits per heavy atom. The molecule has 1 saturated heterocycles. The average molecular weight is 323 g/mol. The smallest absolute Gasteiger partial charge is 0.263 e. The van der Waals surface area contributed by atoms with Crippen LogP contribution in [0.1, 0.15) is 12.5 Å². The Bertz CT molecular complexity index is 640. The zero-order valence-electron chi connectivity index (χ0n) is 11.5. The minimum atomic E-state index is -0.208. The Balaban J connectivity index is 2.23. The lowest BCUT2D eigenvalue weighted by Gasteiger charge is -2.10. The summed E-state index contributed by atoms with van der Waals surface area (Å²) in [6.07, 6.45) is 1.72. The molecular formula is C14H13NO4S2. The van der Waals surface area contributed by atoms with Crippen LogP contribution < -0.4 is 14.8 Å². The number of nitrogens with one attached hydrogen (secondary N) is 1. The maximum atomic E-state index is 11.6. The molecule has 0 atom stereocenters. The lowest BCUT2D eigenvalue weighted by atomic mass is 10.2. The number of benzene rings is 1. The first-order valence-electron chi connectivity index (χ1n) is 6.04. The van der Waals surface area contributed by atoms with E-state index in [2.05, 4.69) is 5.32 Å². The van der Waals surface area contributed by atoms with Gasteiger partial charge in [-0.3, -0.25) is 9.59 Å². The number of carbonyl (C=O) groups excluding carboxylic acids is 2. The quantitative estimate of drug-likeness (QED) is 0.662. The molecule has 1 aromatic carbocycles. The highest BCUT2D eigenvalue weighted by Crippen LogP contribution is 2.31. The molecule has 1 amide bonds. The molecule has 5 nitrogen and oxygen atoms in total. The van der Waals surface area contributed by atoms with Gasteiger partial charge in [-0.2, -0.15) is 0 Å². The van der Waals surface area contributed by atoms with Crippen molar-refractivity contribution in [2.75, 3.05) is 13.7 Å². The van der Waals surface area contributed by atoms with E-state index >= 15 is 0 Å². The fraction of sp³-hybridized carbons (Fsp3) is 0.214. The van der Waals surface area contributed by atoms with Gasteiger partial charge in [-0.15, -0.1) is 0 Å². The Labute approximate surface area is 131 Å². The number of methoxy groups -OCH3 is 1. The minimum Gasteiger partial charge on any atom is -0.493 e. The number of hydrogen-bond donors (Lipinski definition) is 1. The standard InChI is InChI=1S/C14H13NO4S2/c1-8(16)7-19-10-4-3-9(5-11(10)18-2)6-12-13(17)15-14(20)21-12/h3-6H,7H2,1-2H3,(H,15,17,20)/b12-6+. The molecule has 7 heteroatoms. The van der Waals surface area contributed by atoms with E-state index in [1.807, 2.05) is 0 Å². The second kappa shape index (κ2) is 6.73. The molecule has 1 heterocycles. The first-order chi connectivity index (χ1) is 9.99. The van der Waals surface area contributed by atoms with Gasteiger partial charge in [-0.25, -0.2) is 0 Å². The number of amides is 1. The SMILES string of the molecule is COc1cc(/C=C2/SC(=S)NC2=O)ccc1OCC(C)=O. The predicted octanol–water partition coefficient (Wildman–Crippen LogP) is 2.15. The Morgan fingerprint density at radius 1 is 1.43 bits per heavy atom. The van der Waals surface area contributed by atoms with Gasteiger partial charge in [0, 0.05) is 0 Å². The molecule has 0 bridgehead atoms. The van der Waals surface area contributed by atoms with E-state index < -0.39 is 0 Å². The van der Waals surface area contributed by atoms with Crippen molar-refractivity contribution in [3.63, 3.8) is 0 Å². The Hall–Kier alpha value is -1.86. The number of carbonyl (C=O) groups is 2. The topological polar surface area (TPSA) is 64.6 Å². The highest BCUT2D eigenvalue weighted by Gasteiger charge is 2.22. The van der Waals surface area contributed by atoms with Crippen LogP contribution in [0.3, 0.4) is 0 Å². The third kappa shape index (κ3) is 4.05. The van der Waals surface area contributed by atoms with E-state index in [4.69, 9.17) is 21.7 Å². The molecule has 0 aliphatic carbocycles. The first-order valence-corrected chi connectivity index (χ1v) is 7.27. The summed E-state index contributed by atoms with van der Waals surface area (Å²) < 4.78 is 11.0. The summed E-state index contributed by atoms with van der Waals surface area (Å²) >= 11 is 6.15. The summed E-state index contributed by atoms with van der Waals surface area (Å²) in [6, 6.07) is 5.21. The summed E-state index contributed by atoms with van der Waals surface area (Å²) in [4.78, 5) is 23.1. The molecule has 1 fully saturated rings. The van der Waals surface area contributed by atoms with E-state index in [1.54, 1.807) is 24.3 Å². The lowest BCUT2D eigenvalue weighted by molar-refractivity contribution is -0.119. The van der Waals surface area contributed by atoms with Gasteiger partial charge in [-0.05, 0) is 30.7 Å². The van der Waals surface area contributed by atoms with Crippen LogP contribution >= 0.6 is 24.0 Å². The van der Waals surface area contributed by atoms with E-state index in [1.165, 1.54) is 25.8 Å². The minimum absolute atomic E-state index is 0.0106. The van der Waals surface area contributed by atoms with E-state index in [0.29, 0.717) is 20.7 Å². The van der Waals surface area contributed by atoms with Crippen LogP contribution in [0.15, 0.2) is 23.1 Å². The van der Waals surface area contributed by atoms with Gasteiger partial charge in [-0.1, -0.05) is 30.0 Å². The van der Waals surface area contributed by atoms with Crippen molar-refractivity contribution in [1.82, 2.24) is 5.32 Å². The van der Waals surface area contributed by atoms with Crippen molar-refractivity contribution in [2.45, 2.75) is 6.92 Å². The van der Waals surface area contributed by atoms with Gasteiger partial charge < -0.3 is 14.8 Å². The van der Waals surface area contributed by atoms with Crippen molar-refractivity contribution < 1.29 is 19.1 Å². The zero-order chi connectivity index (χ0) is 15.4. The molecule has 0 aromatic heterocycles. The number of Topliss-reactive ketones (excluding diaryl/α,β-unsaturated/α-hetero) is 1. The van der Waals surface area contributed by atoms with Gasteiger partial charge in [0.1, 0.15) is 10.9 Å². The lowest BCUT2D eigenvalue weighted by Crippen LogP contribution is -2.17. The van der Waals surface area contributed by atoms with Gasteiger partial charge in [0.2, 0.25) is 0 Å². The van der Waals surface area contributed by atoms with Crippen molar-refractivity contribution in [3.8, 4) is 11.5 Å². The molecule has 0 saturated carbocycles. The highest BCUT2D eigenvalue weighted by atomic mass is 32.2. The molecule has 1 aliphatic rings. The predicted molar refractivity (Wildman–Crippen MR) is 85.5 cm³/mol. The molecule has 2 rings (SSSR count). The summed E-state index contributed by atoms with van der Waals surface area (Å²) in [7, 11) is 1.51. The monoisotopic (exact) mass is 323 g/mol. The summed E-state index contributed by atoms with van der Waals surface area (Å²) in [6.45, 7) is 1.44. The Kier molecular flexibility index (Phi) is 4.98. The fourth-order valence-corrected chi connectivity index (χ4v) is 2.69. The number of thioether (sulfide) groups is 1. The van der Waals surface area contributed by atoms with Crippen LogP contribution in [-0.4, -0.2) is 29.7 Å². The summed E-state index contributed by atoms with van der Waals surface area (Å²) in [5.74, 6) is 0.696. The largest absolute Gasteiger partial charge is 0.493 e. The van der Waals surface area contributed by atoms with E-state index in [-0.39, 0.29) is 18.3 Å². The van der Waals surface area contributed by atoms with Crippen LogP contribution in [0.5, 0.6) is 11.5 Å². The maximum Gasteiger partial charge on any atom is 0.263 e. The van der Waals surface area contributed by atoms with Crippen LogP contribution in [0.2, 0.25) is 0 Å². The van der Waals surface area contributed by atoms with Crippen LogP contribution in [0.4, 0.5) is 0 Å². The normalized spacial score (nSPS) is 16.0. The van der Waals surface area contributed by atoms with Gasteiger partial charge in [0.15, 0.2) is 17.3 Å². The van der Waals surface area contributed by atoms with Gasteiger partial charge in [0.25, 0.3) is 5.91 Å². The molecule has 1 aliphatic heterocycles. The number of ether oxygens (including phenoxy) is 2. The van der Waals surface area contributed by atoms with Gasteiger partial charge >= 0.3 is 0 Å². The van der Waals surface area contributed by atoms with Gasteiger partial charge in [0.05, 0.1) is 12.0 Å². The molecule has 0 spiro atoms. The van der Waals surface area contributed by atoms with Crippen LogP contribution in [0, 0.1) is 0 Å². The molecule has 0 radical (unpaired) electrons. The van der Waals surface area contributed by atoms with E-state index in [0.717, 1.165) is 5.56 Å². The maximum absolute atomic E-state index is 11.6. The Morgan fingerprint density at radius 2 is 2.19 bits per heavy atom. The molecule has 21 heavy (non-hydrogen) atoms. The zero-order valence-corrected chi connectivity index (χ0v) is 13.1. The molecule has 110 valence electrons. The molecular weight excluding hydrogens is 310 g/mol. The second-order valence-electron chi connectivity index (χ2n) is 4.25. The third-order valence-electron chi connectivity index (χ3n) is 2.56. The van der Waals surface area contributed by atoms with E-state index in [9.17, 15) is 9.59 Å². The summed E-state index contributed by atoms with van der Waals surface area (Å²) in [5, 5.41) is 2.55.